The van der Waals surface area contributed by atoms with Gasteiger partial charge in [-0.3, -0.25) is 14.5 Å². The Morgan fingerprint density at radius 2 is 1.85 bits per heavy atom. The number of amides is 1. The monoisotopic (exact) mass is 573 g/mol. The molecule has 9 nitrogen and oxygen atoms in total. The van der Waals surface area contributed by atoms with Crippen LogP contribution in [0.15, 0.2) is 42.7 Å². The predicted octanol–water partition coefficient (Wildman–Crippen LogP) is 5.09. The van der Waals surface area contributed by atoms with Gasteiger partial charge in [-0.05, 0) is 49.1 Å². The number of anilines is 2. The van der Waals surface area contributed by atoms with E-state index in [-0.39, 0.29) is 34.5 Å². The molecule has 12 heteroatoms. The summed E-state index contributed by atoms with van der Waals surface area (Å²) in [5.41, 5.74) is 8.81. The van der Waals surface area contributed by atoms with Crippen molar-refractivity contribution >= 4 is 23.0 Å². The SMILES string of the molecule is COc1c(CNCC(C)(C)C)cc(NC(=O)c2ccc(C)c(N(N)/C=C(\N)c3cnn(C)c3C)c2)cc1C(F)(F)F. The molecule has 0 aliphatic rings. The maximum atomic E-state index is 14.0. The Hall–Kier alpha value is -4.03. The fraction of sp³-hybridized carbons (Fsp3) is 0.379. The van der Waals surface area contributed by atoms with E-state index in [1.54, 1.807) is 36.1 Å². The summed E-state index contributed by atoms with van der Waals surface area (Å²) < 4.78 is 48.7. The summed E-state index contributed by atoms with van der Waals surface area (Å²) in [6.45, 7) is 10.4. The van der Waals surface area contributed by atoms with Crippen LogP contribution in [-0.4, -0.2) is 29.3 Å². The Morgan fingerprint density at radius 1 is 1.17 bits per heavy atom. The molecule has 0 fully saturated rings. The number of nitrogens with one attached hydrogen (secondary N) is 2. The number of nitrogens with two attached hydrogens (primary N) is 2. The smallest absolute Gasteiger partial charge is 0.420 e. The van der Waals surface area contributed by atoms with Gasteiger partial charge >= 0.3 is 6.18 Å². The van der Waals surface area contributed by atoms with E-state index >= 15 is 0 Å². The molecule has 0 aliphatic heterocycles. The van der Waals surface area contributed by atoms with Crippen molar-refractivity contribution in [3.8, 4) is 5.75 Å². The van der Waals surface area contributed by atoms with Gasteiger partial charge in [-0.1, -0.05) is 26.8 Å². The average molecular weight is 574 g/mol. The zero-order valence-corrected chi connectivity index (χ0v) is 24.4. The van der Waals surface area contributed by atoms with Crippen LogP contribution in [0.5, 0.6) is 5.75 Å². The van der Waals surface area contributed by atoms with E-state index in [1.807, 2.05) is 34.6 Å². The van der Waals surface area contributed by atoms with E-state index in [2.05, 4.69) is 15.7 Å². The molecule has 0 spiro atoms. The minimum atomic E-state index is -4.69. The highest BCUT2D eigenvalue weighted by Crippen LogP contribution is 2.40. The van der Waals surface area contributed by atoms with Gasteiger partial charge in [0, 0.05) is 54.4 Å². The number of nitrogens with zero attached hydrogens (tertiary/aromatic N) is 3. The van der Waals surface area contributed by atoms with E-state index in [4.69, 9.17) is 16.3 Å². The number of aromatic nitrogens is 2. The highest BCUT2D eigenvalue weighted by atomic mass is 19.4. The van der Waals surface area contributed by atoms with Crippen LogP contribution in [0, 0.1) is 19.3 Å². The summed E-state index contributed by atoms with van der Waals surface area (Å²) in [7, 11) is 2.99. The third kappa shape index (κ3) is 7.80. The molecule has 1 heterocycles. The molecule has 0 unspecified atom stereocenters. The highest BCUT2D eigenvalue weighted by Gasteiger charge is 2.36. The van der Waals surface area contributed by atoms with Crippen molar-refractivity contribution in [3.05, 3.63) is 76.2 Å². The number of carbonyl (C=O) groups is 1. The van der Waals surface area contributed by atoms with E-state index in [0.717, 1.165) is 17.3 Å². The molecule has 0 radical (unpaired) electrons. The van der Waals surface area contributed by atoms with E-state index in [1.165, 1.54) is 24.4 Å². The van der Waals surface area contributed by atoms with Gasteiger partial charge in [0.25, 0.3) is 5.91 Å². The summed E-state index contributed by atoms with van der Waals surface area (Å²) >= 11 is 0. The second-order valence-corrected chi connectivity index (χ2v) is 11.1. The Kier molecular flexibility index (Phi) is 9.40. The van der Waals surface area contributed by atoms with Crippen molar-refractivity contribution in [1.29, 1.82) is 0 Å². The number of hydrazine groups is 1. The maximum Gasteiger partial charge on any atom is 0.420 e. The first-order valence-electron chi connectivity index (χ1n) is 12.9. The second-order valence-electron chi connectivity index (χ2n) is 11.1. The number of methoxy groups -OCH3 is 1. The molecule has 6 N–H and O–H groups in total. The van der Waals surface area contributed by atoms with Crippen molar-refractivity contribution in [3.63, 3.8) is 0 Å². The fourth-order valence-electron chi connectivity index (χ4n) is 4.22. The number of ether oxygens (including phenoxy) is 1. The molecule has 0 bridgehead atoms. The van der Waals surface area contributed by atoms with Crippen LogP contribution in [0.3, 0.4) is 0 Å². The lowest BCUT2D eigenvalue weighted by Gasteiger charge is -2.22. The number of hydrogen-bond donors (Lipinski definition) is 4. The number of rotatable bonds is 9. The first kappa shape index (κ1) is 31.5. The summed E-state index contributed by atoms with van der Waals surface area (Å²) in [6.07, 6.45) is -1.55. The van der Waals surface area contributed by atoms with Crippen LogP contribution >= 0.6 is 0 Å². The first-order valence-corrected chi connectivity index (χ1v) is 12.9. The molecule has 3 rings (SSSR count). The van der Waals surface area contributed by atoms with Crippen LogP contribution < -0.4 is 32.0 Å². The van der Waals surface area contributed by atoms with E-state index in [9.17, 15) is 18.0 Å². The lowest BCUT2D eigenvalue weighted by atomic mass is 9.97. The molecular formula is C29H38F3N7O2. The second kappa shape index (κ2) is 12.2. The van der Waals surface area contributed by atoms with E-state index in [0.29, 0.717) is 23.5 Å². The largest absolute Gasteiger partial charge is 0.496 e. The Balaban J connectivity index is 1.92. The Labute approximate surface area is 238 Å². The summed E-state index contributed by atoms with van der Waals surface area (Å²) in [6, 6.07) is 7.16. The zero-order chi connectivity index (χ0) is 30.7. The number of halogens is 3. The number of alkyl halides is 3. The summed E-state index contributed by atoms with van der Waals surface area (Å²) in [4.78, 5) is 13.2. The van der Waals surface area contributed by atoms with Gasteiger partial charge in [-0.25, -0.2) is 5.84 Å². The standard InChI is InChI=1S/C29H38F3N7O2/c1-17-8-9-19(11-25(17)39(34)15-24(33)22-14-36-38(6)18(22)2)27(40)37-21-10-20(13-35-16-28(3,4)5)26(41-7)23(12-21)29(30,31)32/h8-12,14-15,35H,13,16,33-34H2,1-7H3,(H,37,40)/b24-15-. The normalized spacial score (nSPS) is 12.4. The molecular weight excluding hydrogens is 535 g/mol. The molecule has 1 aromatic heterocycles. The third-order valence-corrected chi connectivity index (χ3v) is 6.48. The minimum absolute atomic E-state index is 0.0152. The number of hydrogen-bond acceptors (Lipinski definition) is 7. The topological polar surface area (TPSA) is 123 Å². The first-order chi connectivity index (χ1) is 19.0. The molecule has 41 heavy (non-hydrogen) atoms. The van der Waals surface area contributed by atoms with Gasteiger partial charge in [0.1, 0.15) is 5.75 Å². The van der Waals surface area contributed by atoms with Gasteiger partial charge in [0.15, 0.2) is 0 Å². The summed E-state index contributed by atoms with van der Waals surface area (Å²) in [5.74, 6) is 5.39. The van der Waals surface area contributed by atoms with Gasteiger partial charge in [-0.2, -0.15) is 18.3 Å². The molecule has 3 aromatic rings. The molecule has 0 saturated heterocycles. The van der Waals surface area contributed by atoms with Gasteiger partial charge in [-0.15, -0.1) is 0 Å². The Morgan fingerprint density at radius 3 is 2.41 bits per heavy atom. The molecule has 2 aromatic carbocycles. The van der Waals surface area contributed by atoms with Crippen molar-refractivity contribution < 1.29 is 22.7 Å². The molecule has 222 valence electrons. The average Bonchev–Trinajstić information content (AvgIpc) is 3.20. The molecule has 1 amide bonds. The van der Waals surface area contributed by atoms with Crippen molar-refractivity contribution in [2.45, 2.75) is 47.3 Å². The zero-order valence-electron chi connectivity index (χ0n) is 24.4. The van der Waals surface area contributed by atoms with Crippen LogP contribution in [0.25, 0.3) is 5.70 Å². The molecule has 0 atom stereocenters. The fourth-order valence-corrected chi connectivity index (χ4v) is 4.22. The van der Waals surface area contributed by atoms with Crippen molar-refractivity contribution in [1.82, 2.24) is 15.1 Å². The molecule has 0 saturated carbocycles. The minimum Gasteiger partial charge on any atom is -0.496 e. The number of aryl methyl sites for hydroxylation is 2. The van der Waals surface area contributed by atoms with Crippen molar-refractivity contribution in [2.24, 2.45) is 24.0 Å². The van der Waals surface area contributed by atoms with Crippen LogP contribution in [0.4, 0.5) is 24.5 Å². The van der Waals surface area contributed by atoms with Gasteiger partial charge in [0.2, 0.25) is 0 Å². The van der Waals surface area contributed by atoms with Gasteiger partial charge in [0.05, 0.1) is 30.3 Å². The van der Waals surface area contributed by atoms with Crippen LogP contribution in [0.2, 0.25) is 0 Å². The lowest BCUT2D eigenvalue weighted by Crippen LogP contribution is -2.27. The quantitative estimate of drug-likeness (QED) is 0.208. The Bertz CT molecular complexity index is 1440. The van der Waals surface area contributed by atoms with Gasteiger partial charge < -0.3 is 21.1 Å². The number of benzene rings is 2. The molecule has 0 aliphatic carbocycles. The maximum absolute atomic E-state index is 14.0. The number of carbonyl (C=O) groups excluding carboxylic acids is 1. The summed E-state index contributed by atoms with van der Waals surface area (Å²) in [5, 5.41) is 11.2. The third-order valence-electron chi connectivity index (χ3n) is 6.48. The lowest BCUT2D eigenvalue weighted by molar-refractivity contribution is -0.138. The van der Waals surface area contributed by atoms with Crippen LogP contribution in [0.1, 0.15) is 59.1 Å². The van der Waals surface area contributed by atoms with Crippen molar-refractivity contribution in [2.75, 3.05) is 24.0 Å². The van der Waals surface area contributed by atoms with E-state index < -0.39 is 17.6 Å². The highest BCUT2D eigenvalue weighted by molar-refractivity contribution is 6.05. The van der Waals surface area contributed by atoms with Crippen LogP contribution in [-0.2, 0) is 19.8 Å². The predicted molar refractivity (Wildman–Crippen MR) is 155 cm³/mol.